The van der Waals surface area contributed by atoms with Gasteiger partial charge in [-0.1, -0.05) is 0 Å². The van der Waals surface area contributed by atoms with Crippen molar-refractivity contribution in [3.8, 4) is 0 Å². The molecule has 2 atom stereocenters. The van der Waals surface area contributed by atoms with Gasteiger partial charge < -0.3 is 15.0 Å². The van der Waals surface area contributed by atoms with Crippen LogP contribution < -0.4 is 15.5 Å². The van der Waals surface area contributed by atoms with E-state index < -0.39 is 6.03 Å². The first-order valence-electron chi connectivity index (χ1n) is 6.46. The zero-order chi connectivity index (χ0) is 13.7. The van der Waals surface area contributed by atoms with Crippen molar-refractivity contribution in [2.24, 2.45) is 0 Å². The molecule has 0 unspecified atom stereocenters. The average Bonchev–Trinajstić information content (AvgIpc) is 2.12. The number of nitrogens with one attached hydrogen (secondary N) is 3. The van der Waals surface area contributed by atoms with E-state index >= 15 is 0 Å². The number of hydrogen-bond donors (Lipinski definition) is 3. The van der Waals surface area contributed by atoms with Crippen molar-refractivity contribution in [3.63, 3.8) is 0 Å². The Morgan fingerprint density at radius 3 is 2.33 bits per heavy atom. The summed E-state index contributed by atoms with van der Waals surface area (Å²) >= 11 is 0. The van der Waals surface area contributed by atoms with Crippen LogP contribution in [-0.2, 0) is 9.53 Å². The zero-order valence-corrected chi connectivity index (χ0v) is 11.6. The van der Waals surface area contributed by atoms with Crippen LogP contribution in [0, 0.1) is 0 Å². The monoisotopic (exact) mass is 258 g/mol. The summed E-state index contributed by atoms with van der Waals surface area (Å²) in [5.74, 6) is -0.246. The van der Waals surface area contributed by atoms with Gasteiger partial charge >= 0.3 is 6.03 Å². The van der Waals surface area contributed by atoms with Crippen LogP contribution in [0.4, 0.5) is 4.79 Å². The van der Waals surface area contributed by atoms with E-state index in [0.717, 1.165) is 18.0 Å². The highest BCUT2D eigenvalue weighted by Gasteiger charge is 2.27. The van der Waals surface area contributed by atoms with Gasteiger partial charge in [-0.2, -0.15) is 0 Å². The van der Waals surface area contributed by atoms with Gasteiger partial charge in [0.2, 0.25) is 0 Å². The maximum absolute atomic E-state index is 11.7. The van der Waals surface area contributed by atoms with Crippen LogP contribution >= 0.6 is 0 Å². The topological polar surface area (TPSA) is 71.9 Å². The Kier molecular flexibility index (Phi) is 5.55. The standard InChI is InChI=1S/C12H23N3O3/c1-8(2)13-12(17)14-11(16)7-15-5-9(3)18-10(4)6-15/h8-10H,5-7H2,1-4H3,(H2,13,14,16,17)/p+1/t9-,10-/m1/s1. The lowest BCUT2D eigenvalue weighted by atomic mass is 10.2. The smallest absolute Gasteiger partial charge is 0.321 e. The number of hydrogen-bond acceptors (Lipinski definition) is 3. The Labute approximate surface area is 108 Å². The lowest BCUT2D eigenvalue weighted by molar-refractivity contribution is -0.907. The molecule has 1 saturated heterocycles. The predicted molar refractivity (Wildman–Crippen MR) is 67.4 cm³/mol. The van der Waals surface area contributed by atoms with Gasteiger partial charge in [-0.15, -0.1) is 0 Å². The third-order valence-electron chi connectivity index (χ3n) is 2.70. The number of urea groups is 1. The predicted octanol–water partition coefficient (Wildman–Crippen LogP) is -1.09. The number of rotatable bonds is 3. The van der Waals surface area contributed by atoms with E-state index in [1.54, 1.807) is 0 Å². The van der Waals surface area contributed by atoms with E-state index in [-0.39, 0.29) is 24.2 Å². The normalized spacial score (nSPS) is 27.9. The number of carbonyl (C=O) groups excluding carboxylic acids is 2. The van der Waals surface area contributed by atoms with Crippen LogP contribution in [0.25, 0.3) is 0 Å². The molecule has 1 aliphatic rings. The summed E-state index contributed by atoms with van der Waals surface area (Å²) in [7, 11) is 0. The summed E-state index contributed by atoms with van der Waals surface area (Å²) in [4.78, 5) is 24.2. The Hall–Kier alpha value is -1.14. The highest BCUT2D eigenvalue weighted by atomic mass is 16.5. The first-order valence-corrected chi connectivity index (χ1v) is 6.46. The van der Waals surface area contributed by atoms with Gasteiger partial charge in [0.05, 0.1) is 0 Å². The van der Waals surface area contributed by atoms with E-state index in [2.05, 4.69) is 10.6 Å². The Morgan fingerprint density at radius 2 is 1.83 bits per heavy atom. The quantitative estimate of drug-likeness (QED) is 0.602. The van der Waals surface area contributed by atoms with Crippen molar-refractivity contribution >= 4 is 11.9 Å². The van der Waals surface area contributed by atoms with Crippen molar-refractivity contribution in [2.75, 3.05) is 19.6 Å². The van der Waals surface area contributed by atoms with Crippen molar-refractivity contribution in [1.29, 1.82) is 0 Å². The number of imide groups is 1. The van der Waals surface area contributed by atoms with Crippen molar-refractivity contribution < 1.29 is 19.2 Å². The Morgan fingerprint density at radius 1 is 1.28 bits per heavy atom. The van der Waals surface area contributed by atoms with Gasteiger partial charge in [-0.05, 0) is 27.7 Å². The molecule has 0 saturated carbocycles. The Bertz CT molecular complexity index is 297. The summed E-state index contributed by atoms with van der Waals surface area (Å²) < 4.78 is 5.60. The van der Waals surface area contributed by atoms with Gasteiger partial charge in [0.25, 0.3) is 5.91 Å². The maximum atomic E-state index is 11.7. The molecule has 18 heavy (non-hydrogen) atoms. The van der Waals surface area contributed by atoms with E-state index in [9.17, 15) is 9.59 Å². The molecule has 1 aliphatic heterocycles. The van der Waals surface area contributed by atoms with Gasteiger partial charge in [-0.25, -0.2) is 4.79 Å². The molecule has 1 heterocycles. The average molecular weight is 258 g/mol. The zero-order valence-electron chi connectivity index (χ0n) is 11.6. The third-order valence-corrected chi connectivity index (χ3v) is 2.70. The van der Waals surface area contributed by atoms with Crippen LogP contribution in [0.15, 0.2) is 0 Å². The molecule has 0 radical (unpaired) electrons. The maximum Gasteiger partial charge on any atom is 0.321 e. The van der Waals surface area contributed by atoms with E-state index in [4.69, 9.17) is 4.74 Å². The minimum atomic E-state index is -0.427. The fourth-order valence-corrected chi connectivity index (χ4v) is 2.23. The second-order valence-electron chi connectivity index (χ2n) is 5.27. The molecule has 1 rings (SSSR count). The molecule has 104 valence electrons. The van der Waals surface area contributed by atoms with Crippen LogP contribution in [0.2, 0.25) is 0 Å². The van der Waals surface area contributed by atoms with Crippen LogP contribution in [-0.4, -0.2) is 49.8 Å². The minimum absolute atomic E-state index is 0.0218. The molecular formula is C12H24N3O3+. The summed E-state index contributed by atoms with van der Waals surface area (Å²) in [6.45, 7) is 9.59. The first kappa shape index (κ1) is 14.9. The molecule has 3 N–H and O–H groups in total. The highest BCUT2D eigenvalue weighted by molar-refractivity contribution is 5.94. The molecule has 3 amide bonds. The molecule has 0 bridgehead atoms. The summed E-state index contributed by atoms with van der Waals surface area (Å²) in [6, 6.07) is -0.405. The number of quaternary nitrogens is 1. The lowest BCUT2D eigenvalue weighted by Gasteiger charge is -2.31. The SMILES string of the molecule is CC(C)NC(=O)NC(=O)C[NH+]1C[C@@H](C)O[C@H](C)C1. The molecule has 0 aromatic carbocycles. The molecule has 0 aromatic rings. The molecule has 6 nitrogen and oxygen atoms in total. The number of morpholine rings is 1. The van der Waals surface area contributed by atoms with E-state index in [0.29, 0.717) is 6.54 Å². The van der Waals surface area contributed by atoms with Crippen molar-refractivity contribution in [2.45, 2.75) is 45.9 Å². The van der Waals surface area contributed by atoms with Crippen molar-refractivity contribution in [3.05, 3.63) is 0 Å². The van der Waals surface area contributed by atoms with Gasteiger partial charge in [-0.3, -0.25) is 10.1 Å². The summed E-state index contributed by atoms with van der Waals surface area (Å²) in [5, 5.41) is 4.96. The van der Waals surface area contributed by atoms with Gasteiger partial charge in [0.15, 0.2) is 6.54 Å². The lowest BCUT2D eigenvalue weighted by Crippen LogP contribution is -3.16. The third kappa shape index (κ3) is 5.46. The fourth-order valence-electron chi connectivity index (χ4n) is 2.23. The summed E-state index contributed by atoms with van der Waals surface area (Å²) in [6.07, 6.45) is 0.307. The second kappa shape index (κ2) is 6.70. The molecule has 0 spiro atoms. The molecule has 6 heteroatoms. The Balaban J connectivity index is 2.33. The van der Waals surface area contributed by atoms with Crippen LogP contribution in [0.1, 0.15) is 27.7 Å². The van der Waals surface area contributed by atoms with Crippen LogP contribution in [0.5, 0.6) is 0 Å². The van der Waals surface area contributed by atoms with Gasteiger partial charge in [0.1, 0.15) is 25.3 Å². The number of ether oxygens (including phenoxy) is 1. The molecule has 0 aliphatic carbocycles. The van der Waals surface area contributed by atoms with E-state index in [1.807, 2.05) is 27.7 Å². The second-order valence-corrected chi connectivity index (χ2v) is 5.27. The first-order chi connectivity index (χ1) is 8.36. The molecular weight excluding hydrogens is 234 g/mol. The largest absolute Gasteiger partial charge is 0.364 e. The molecule has 1 fully saturated rings. The number of amides is 3. The number of carbonyl (C=O) groups is 2. The van der Waals surface area contributed by atoms with Crippen molar-refractivity contribution in [1.82, 2.24) is 10.6 Å². The summed E-state index contributed by atoms with van der Waals surface area (Å²) in [5.41, 5.74) is 0. The van der Waals surface area contributed by atoms with Gasteiger partial charge in [0, 0.05) is 6.04 Å². The van der Waals surface area contributed by atoms with Crippen LogP contribution in [0.3, 0.4) is 0 Å². The molecule has 0 aromatic heterocycles. The van der Waals surface area contributed by atoms with E-state index in [1.165, 1.54) is 0 Å². The highest BCUT2D eigenvalue weighted by Crippen LogP contribution is 1.97. The minimum Gasteiger partial charge on any atom is -0.364 e. The fraction of sp³-hybridized carbons (Fsp3) is 0.833.